The van der Waals surface area contributed by atoms with Crippen LogP contribution in [0.25, 0.3) is 10.8 Å². The number of hydrogen-bond donors (Lipinski definition) is 1. The Kier molecular flexibility index (Phi) is 4.21. The molecule has 0 aliphatic rings. The van der Waals surface area contributed by atoms with Crippen LogP contribution in [0.4, 0.5) is 5.69 Å². The monoisotopic (exact) mass is 452 g/mol. The summed E-state index contributed by atoms with van der Waals surface area (Å²) in [6.45, 7) is 0. The third-order valence-corrected chi connectivity index (χ3v) is 4.54. The number of nitrogens with zero attached hydrogens (tertiary/aromatic N) is 1. The number of anilines is 1. The lowest BCUT2D eigenvalue weighted by Crippen LogP contribution is -2.13. The fraction of sp³-hybridized carbons (Fsp3) is 0. The Morgan fingerprint density at radius 3 is 2.90 bits per heavy atom. The van der Waals surface area contributed by atoms with Crippen molar-refractivity contribution < 1.29 is 4.79 Å². The zero-order valence-electron chi connectivity index (χ0n) is 10.8. The van der Waals surface area contributed by atoms with Crippen LogP contribution in [0.2, 0.25) is 0 Å². The Morgan fingerprint density at radius 2 is 2.05 bits per heavy atom. The lowest BCUT2D eigenvalue weighted by molar-refractivity contribution is 0.102. The topological polar surface area (TPSA) is 42.0 Å². The molecule has 0 unspecified atom stereocenters. The molecule has 3 rings (SSSR count). The number of benzene rings is 2. The summed E-state index contributed by atoms with van der Waals surface area (Å²) in [5, 5.41) is 4.94. The van der Waals surface area contributed by atoms with Crippen molar-refractivity contribution in [1.82, 2.24) is 4.98 Å². The number of aromatic nitrogens is 1. The number of pyridine rings is 1. The van der Waals surface area contributed by atoms with Crippen molar-refractivity contribution in [2.24, 2.45) is 0 Å². The molecular weight excluding hydrogens is 443 g/mol. The Bertz CT molecular complexity index is 830. The zero-order chi connectivity index (χ0) is 14.8. The number of nitrogens with one attached hydrogen (secondary N) is 1. The highest BCUT2D eigenvalue weighted by Crippen LogP contribution is 2.24. The van der Waals surface area contributed by atoms with Crippen molar-refractivity contribution in [3.05, 3.63) is 68.5 Å². The molecule has 2 aromatic carbocycles. The molecule has 1 N–H and O–H groups in total. The lowest BCUT2D eigenvalue weighted by Gasteiger charge is -2.10. The van der Waals surface area contributed by atoms with Gasteiger partial charge in [-0.1, -0.05) is 28.1 Å². The zero-order valence-corrected chi connectivity index (χ0v) is 14.6. The van der Waals surface area contributed by atoms with Crippen molar-refractivity contribution in [1.29, 1.82) is 0 Å². The summed E-state index contributed by atoms with van der Waals surface area (Å²) in [4.78, 5) is 16.6. The van der Waals surface area contributed by atoms with Crippen LogP contribution in [0.1, 0.15) is 10.4 Å². The van der Waals surface area contributed by atoms with Gasteiger partial charge in [-0.05, 0) is 58.3 Å². The van der Waals surface area contributed by atoms with Crippen molar-refractivity contribution in [3.8, 4) is 0 Å². The molecule has 0 aliphatic carbocycles. The van der Waals surface area contributed by atoms with Crippen LogP contribution >= 0.6 is 38.5 Å². The molecule has 0 atom stereocenters. The van der Waals surface area contributed by atoms with Crippen LogP contribution in [-0.4, -0.2) is 10.9 Å². The maximum Gasteiger partial charge on any atom is 0.256 e. The Morgan fingerprint density at radius 1 is 1.19 bits per heavy atom. The minimum atomic E-state index is -0.128. The van der Waals surface area contributed by atoms with Crippen molar-refractivity contribution >= 4 is 60.9 Å². The minimum absolute atomic E-state index is 0.128. The summed E-state index contributed by atoms with van der Waals surface area (Å²) in [5.74, 6) is -0.128. The number of fused-ring (bicyclic) bond motifs is 1. The third kappa shape index (κ3) is 3.08. The van der Waals surface area contributed by atoms with Gasteiger partial charge >= 0.3 is 0 Å². The van der Waals surface area contributed by atoms with Crippen LogP contribution < -0.4 is 5.32 Å². The number of amides is 1. The largest absolute Gasteiger partial charge is 0.321 e. The number of carbonyl (C=O) groups excluding carboxylic acids is 1. The standard InChI is InChI=1S/C16H10BrIN2O/c17-11-4-5-14(18)12(8-11)16(21)20-15-3-1-2-10-6-7-19-9-13(10)15/h1-9H,(H,20,21). The first-order valence-corrected chi connectivity index (χ1v) is 8.11. The molecule has 3 nitrogen and oxygen atoms in total. The molecule has 0 spiro atoms. The highest BCUT2D eigenvalue weighted by molar-refractivity contribution is 14.1. The Balaban J connectivity index is 1.99. The van der Waals surface area contributed by atoms with Gasteiger partial charge in [0.15, 0.2) is 0 Å². The Labute approximate surface area is 144 Å². The van der Waals surface area contributed by atoms with E-state index in [1.165, 1.54) is 0 Å². The molecule has 0 saturated carbocycles. The van der Waals surface area contributed by atoms with E-state index in [1.807, 2.05) is 42.5 Å². The number of halogens is 2. The number of hydrogen-bond acceptors (Lipinski definition) is 2. The summed E-state index contributed by atoms with van der Waals surface area (Å²) in [7, 11) is 0. The fourth-order valence-electron chi connectivity index (χ4n) is 2.08. The molecule has 21 heavy (non-hydrogen) atoms. The van der Waals surface area contributed by atoms with E-state index in [1.54, 1.807) is 12.4 Å². The molecule has 0 bridgehead atoms. The molecule has 1 aromatic heterocycles. The molecule has 1 amide bonds. The van der Waals surface area contributed by atoms with Gasteiger partial charge in [-0.25, -0.2) is 0 Å². The van der Waals surface area contributed by atoms with E-state index in [0.717, 1.165) is 24.5 Å². The quantitative estimate of drug-likeness (QED) is 0.564. The van der Waals surface area contributed by atoms with Gasteiger partial charge < -0.3 is 5.32 Å². The summed E-state index contributed by atoms with van der Waals surface area (Å²) in [6.07, 6.45) is 3.50. The van der Waals surface area contributed by atoms with E-state index >= 15 is 0 Å². The van der Waals surface area contributed by atoms with Crippen LogP contribution in [-0.2, 0) is 0 Å². The lowest BCUT2D eigenvalue weighted by atomic mass is 10.1. The average Bonchev–Trinajstić information content (AvgIpc) is 2.50. The van der Waals surface area contributed by atoms with Gasteiger partial charge in [-0.2, -0.15) is 0 Å². The van der Waals surface area contributed by atoms with E-state index in [9.17, 15) is 4.79 Å². The van der Waals surface area contributed by atoms with Crippen LogP contribution in [0.3, 0.4) is 0 Å². The maximum atomic E-state index is 12.5. The molecule has 1 heterocycles. The highest BCUT2D eigenvalue weighted by atomic mass is 127. The summed E-state index contributed by atoms with van der Waals surface area (Å²) in [6, 6.07) is 13.4. The first kappa shape index (κ1) is 14.5. The second kappa shape index (κ2) is 6.11. The van der Waals surface area contributed by atoms with Crippen molar-refractivity contribution in [2.75, 3.05) is 5.32 Å². The molecule has 0 aliphatic heterocycles. The van der Waals surface area contributed by atoms with E-state index < -0.39 is 0 Å². The van der Waals surface area contributed by atoms with E-state index in [4.69, 9.17) is 0 Å². The van der Waals surface area contributed by atoms with Crippen LogP contribution in [0, 0.1) is 3.57 Å². The summed E-state index contributed by atoms with van der Waals surface area (Å²) in [5.41, 5.74) is 1.41. The Hall–Kier alpha value is -1.47. The van der Waals surface area contributed by atoms with Gasteiger partial charge in [0.25, 0.3) is 5.91 Å². The minimum Gasteiger partial charge on any atom is -0.321 e. The molecule has 104 valence electrons. The van der Waals surface area contributed by atoms with Gasteiger partial charge in [0.1, 0.15) is 0 Å². The molecule has 0 radical (unpaired) electrons. The summed E-state index contributed by atoms with van der Waals surface area (Å²) >= 11 is 5.56. The van der Waals surface area contributed by atoms with Crippen molar-refractivity contribution in [2.45, 2.75) is 0 Å². The second-order valence-corrected chi connectivity index (χ2v) is 6.56. The second-order valence-electron chi connectivity index (χ2n) is 4.48. The van der Waals surface area contributed by atoms with E-state index in [-0.39, 0.29) is 5.91 Å². The van der Waals surface area contributed by atoms with E-state index in [0.29, 0.717) is 5.56 Å². The smallest absolute Gasteiger partial charge is 0.256 e. The maximum absolute atomic E-state index is 12.5. The SMILES string of the molecule is O=C(Nc1cccc2ccncc12)c1cc(Br)ccc1I. The van der Waals surface area contributed by atoms with Crippen LogP contribution in [0.5, 0.6) is 0 Å². The summed E-state index contributed by atoms with van der Waals surface area (Å²) < 4.78 is 1.79. The predicted molar refractivity (Wildman–Crippen MR) is 96.6 cm³/mol. The van der Waals surface area contributed by atoms with Crippen LogP contribution in [0.15, 0.2) is 59.3 Å². The van der Waals surface area contributed by atoms with Gasteiger partial charge in [0.2, 0.25) is 0 Å². The van der Waals surface area contributed by atoms with Crippen molar-refractivity contribution in [3.63, 3.8) is 0 Å². The fourth-order valence-corrected chi connectivity index (χ4v) is 3.03. The number of carbonyl (C=O) groups is 1. The molecule has 5 heteroatoms. The predicted octanol–water partition coefficient (Wildman–Crippen LogP) is 4.85. The highest BCUT2D eigenvalue weighted by Gasteiger charge is 2.12. The molecule has 3 aromatic rings. The third-order valence-electron chi connectivity index (χ3n) is 3.10. The van der Waals surface area contributed by atoms with Gasteiger partial charge in [-0.15, -0.1) is 0 Å². The number of rotatable bonds is 2. The average molecular weight is 453 g/mol. The van der Waals surface area contributed by atoms with E-state index in [2.05, 4.69) is 48.8 Å². The van der Waals surface area contributed by atoms with Gasteiger partial charge in [0.05, 0.1) is 11.3 Å². The normalized spacial score (nSPS) is 10.6. The first-order valence-electron chi connectivity index (χ1n) is 6.24. The van der Waals surface area contributed by atoms with Gasteiger partial charge in [0, 0.05) is 25.8 Å². The van der Waals surface area contributed by atoms with Gasteiger partial charge in [-0.3, -0.25) is 9.78 Å². The first-order chi connectivity index (χ1) is 10.1. The molecule has 0 saturated heterocycles. The molecule has 0 fully saturated rings. The molecular formula is C16H10BrIN2O.